The standard InChI is InChI=1S/C20H23Cl2N3O2S/c1-13(15-4-2-3-5-16(15)22)10-17(24-27)18-12-28-20(23-18)14-6-8-25(9-7-14)19(26)11-21/h2-5,12-14,27H,6-11H2,1H3/b24-17+. The SMILES string of the molecule is CC(C/C(=N\O)c1csc(C2CCN(C(=O)CCl)CC2)n1)c1ccccc1Cl. The zero-order valence-electron chi connectivity index (χ0n) is 15.6. The highest BCUT2D eigenvalue weighted by Crippen LogP contribution is 2.32. The van der Waals surface area contributed by atoms with Crippen molar-refractivity contribution in [3.63, 3.8) is 0 Å². The van der Waals surface area contributed by atoms with Crippen molar-refractivity contribution < 1.29 is 10.0 Å². The van der Waals surface area contributed by atoms with Gasteiger partial charge in [-0.2, -0.15) is 0 Å². The summed E-state index contributed by atoms with van der Waals surface area (Å²) < 4.78 is 0. The number of nitrogens with zero attached hydrogens (tertiary/aromatic N) is 3. The lowest BCUT2D eigenvalue weighted by Crippen LogP contribution is -2.38. The Kier molecular flexibility index (Phi) is 7.32. The quantitative estimate of drug-likeness (QED) is 0.294. The highest BCUT2D eigenvalue weighted by atomic mass is 35.5. The molecular weight excluding hydrogens is 417 g/mol. The van der Waals surface area contributed by atoms with Gasteiger partial charge in [0, 0.05) is 35.8 Å². The number of hydrogen-bond donors (Lipinski definition) is 1. The minimum absolute atomic E-state index is 0.0109. The van der Waals surface area contributed by atoms with Gasteiger partial charge in [0.05, 0.1) is 10.7 Å². The van der Waals surface area contributed by atoms with Gasteiger partial charge in [-0.15, -0.1) is 22.9 Å². The number of oxime groups is 1. The lowest BCUT2D eigenvalue weighted by molar-refractivity contribution is -0.129. The molecule has 8 heteroatoms. The summed E-state index contributed by atoms with van der Waals surface area (Å²) in [6.07, 6.45) is 2.29. The van der Waals surface area contributed by atoms with E-state index < -0.39 is 0 Å². The van der Waals surface area contributed by atoms with Crippen molar-refractivity contribution in [2.24, 2.45) is 5.16 Å². The fourth-order valence-corrected chi connectivity index (χ4v) is 5.03. The first-order chi connectivity index (χ1) is 13.5. The number of likely N-dealkylation sites (tertiary alicyclic amines) is 1. The molecule has 0 saturated carbocycles. The normalized spacial score (nSPS) is 17.0. The van der Waals surface area contributed by atoms with Crippen molar-refractivity contribution >= 4 is 46.2 Å². The third kappa shape index (κ3) is 4.85. The fourth-order valence-electron chi connectivity index (χ4n) is 3.54. The molecule has 1 N–H and O–H groups in total. The average Bonchev–Trinajstić information content (AvgIpc) is 3.21. The van der Waals surface area contributed by atoms with Gasteiger partial charge in [0.25, 0.3) is 0 Å². The molecule has 2 aromatic rings. The number of halogens is 2. The van der Waals surface area contributed by atoms with Crippen molar-refractivity contribution in [2.75, 3.05) is 19.0 Å². The van der Waals surface area contributed by atoms with Crippen LogP contribution in [0.3, 0.4) is 0 Å². The molecule has 0 aliphatic carbocycles. The van der Waals surface area contributed by atoms with Crippen LogP contribution in [0, 0.1) is 0 Å². The Morgan fingerprint density at radius 3 is 2.75 bits per heavy atom. The maximum Gasteiger partial charge on any atom is 0.237 e. The molecule has 1 fully saturated rings. The molecule has 1 amide bonds. The smallest absolute Gasteiger partial charge is 0.237 e. The summed E-state index contributed by atoms with van der Waals surface area (Å²) in [4.78, 5) is 18.3. The van der Waals surface area contributed by atoms with Crippen LogP contribution in [0.4, 0.5) is 0 Å². The Morgan fingerprint density at radius 2 is 2.11 bits per heavy atom. The van der Waals surface area contributed by atoms with Gasteiger partial charge in [0.2, 0.25) is 5.91 Å². The van der Waals surface area contributed by atoms with Crippen molar-refractivity contribution in [2.45, 2.75) is 38.0 Å². The van der Waals surface area contributed by atoms with E-state index >= 15 is 0 Å². The summed E-state index contributed by atoms with van der Waals surface area (Å²) in [6.45, 7) is 3.47. The third-order valence-electron chi connectivity index (χ3n) is 5.19. The molecule has 0 bridgehead atoms. The number of rotatable bonds is 6. The maximum atomic E-state index is 11.7. The van der Waals surface area contributed by atoms with Gasteiger partial charge in [0.15, 0.2) is 0 Å². The van der Waals surface area contributed by atoms with E-state index in [2.05, 4.69) is 12.1 Å². The Balaban J connectivity index is 1.65. The number of amides is 1. The summed E-state index contributed by atoms with van der Waals surface area (Å²) in [5.74, 6) is 0.447. The van der Waals surface area contributed by atoms with E-state index in [1.807, 2.05) is 34.5 Å². The van der Waals surface area contributed by atoms with Crippen LogP contribution >= 0.6 is 34.5 Å². The fraction of sp³-hybridized carbons (Fsp3) is 0.450. The monoisotopic (exact) mass is 439 g/mol. The van der Waals surface area contributed by atoms with E-state index in [0.29, 0.717) is 41.9 Å². The molecule has 1 aliphatic rings. The third-order valence-corrected chi connectivity index (χ3v) is 6.77. The second-order valence-electron chi connectivity index (χ2n) is 7.03. The number of benzene rings is 1. The molecule has 150 valence electrons. The minimum atomic E-state index is -0.0109. The molecule has 1 aliphatic heterocycles. The van der Waals surface area contributed by atoms with Gasteiger partial charge >= 0.3 is 0 Å². The van der Waals surface area contributed by atoms with Gasteiger partial charge in [-0.25, -0.2) is 4.98 Å². The lowest BCUT2D eigenvalue weighted by atomic mass is 9.94. The van der Waals surface area contributed by atoms with E-state index in [4.69, 9.17) is 28.2 Å². The van der Waals surface area contributed by atoms with E-state index in [1.54, 1.807) is 11.3 Å². The number of thiazole rings is 1. The topological polar surface area (TPSA) is 65.8 Å². The Labute approximate surface area is 179 Å². The molecule has 2 heterocycles. The number of piperidine rings is 1. The lowest BCUT2D eigenvalue weighted by Gasteiger charge is -2.30. The summed E-state index contributed by atoms with van der Waals surface area (Å²) in [7, 11) is 0. The van der Waals surface area contributed by atoms with Crippen LogP contribution in [0.2, 0.25) is 5.02 Å². The van der Waals surface area contributed by atoms with Crippen molar-refractivity contribution in [1.82, 2.24) is 9.88 Å². The highest BCUT2D eigenvalue weighted by Gasteiger charge is 2.26. The van der Waals surface area contributed by atoms with Crippen molar-refractivity contribution in [1.29, 1.82) is 0 Å². The zero-order valence-corrected chi connectivity index (χ0v) is 18.0. The van der Waals surface area contributed by atoms with E-state index in [-0.39, 0.29) is 17.7 Å². The predicted molar refractivity (Wildman–Crippen MR) is 114 cm³/mol. The van der Waals surface area contributed by atoms with Crippen molar-refractivity contribution in [3.8, 4) is 0 Å². The van der Waals surface area contributed by atoms with Crippen LogP contribution in [0.15, 0.2) is 34.8 Å². The van der Waals surface area contributed by atoms with Gasteiger partial charge < -0.3 is 10.1 Å². The number of hydrogen-bond acceptors (Lipinski definition) is 5. The van der Waals surface area contributed by atoms with Crippen LogP contribution < -0.4 is 0 Å². The number of aromatic nitrogens is 1. The number of carbonyl (C=O) groups excluding carboxylic acids is 1. The molecule has 1 aromatic carbocycles. The van der Waals surface area contributed by atoms with Crippen LogP contribution in [0.1, 0.15) is 54.3 Å². The Hall–Kier alpha value is -1.63. The number of alkyl halides is 1. The first-order valence-corrected chi connectivity index (χ1v) is 11.1. The van der Waals surface area contributed by atoms with Crippen LogP contribution in [0.25, 0.3) is 0 Å². The summed E-state index contributed by atoms with van der Waals surface area (Å²) >= 11 is 13.5. The summed E-state index contributed by atoms with van der Waals surface area (Å²) in [5, 5.41) is 16.7. The van der Waals surface area contributed by atoms with Gasteiger partial charge in [-0.1, -0.05) is 41.9 Å². The van der Waals surface area contributed by atoms with Crippen molar-refractivity contribution in [3.05, 3.63) is 50.9 Å². The molecule has 3 rings (SSSR count). The molecule has 1 saturated heterocycles. The molecule has 28 heavy (non-hydrogen) atoms. The van der Waals surface area contributed by atoms with Crippen LogP contribution in [-0.4, -0.2) is 45.7 Å². The summed E-state index contributed by atoms with van der Waals surface area (Å²) in [6, 6.07) is 7.71. The molecule has 0 spiro atoms. The zero-order chi connectivity index (χ0) is 20.1. The van der Waals surface area contributed by atoms with Crippen LogP contribution in [-0.2, 0) is 4.79 Å². The predicted octanol–water partition coefficient (Wildman–Crippen LogP) is 5.11. The second-order valence-corrected chi connectivity index (χ2v) is 8.60. The molecule has 5 nitrogen and oxygen atoms in total. The van der Waals surface area contributed by atoms with E-state index in [9.17, 15) is 10.0 Å². The second kappa shape index (κ2) is 9.72. The van der Waals surface area contributed by atoms with E-state index in [0.717, 1.165) is 23.4 Å². The maximum absolute atomic E-state index is 11.7. The van der Waals surface area contributed by atoms with Gasteiger partial charge in [0.1, 0.15) is 11.6 Å². The van der Waals surface area contributed by atoms with Gasteiger partial charge in [-0.3, -0.25) is 4.79 Å². The first-order valence-electron chi connectivity index (χ1n) is 9.28. The molecule has 1 unspecified atom stereocenters. The summed E-state index contributed by atoms with van der Waals surface area (Å²) in [5.41, 5.74) is 2.29. The van der Waals surface area contributed by atoms with Gasteiger partial charge in [-0.05, 0) is 30.4 Å². The number of carbonyl (C=O) groups is 1. The molecule has 1 aromatic heterocycles. The largest absolute Gasteiger partial charge is 0.411 e. The Morgan fingerprint density at radius 1 is 1.39 bits per heavy atom. The molecule has 1 atom stereocenters. The minimum Gasteiger partial charge on any atom is -0.411 e. The van der Waals surface area contributed by atoms with Crippen LogP contribution in [0.5, 0.6) is 0 Å². The molecular formula is C20H23Cl2N3O2S. The molecule has 0 radical (unpaired) electrons. The first kappa shape index (κ1) is 21.1. The Bertz CT molecular complexity index is 847. The average molecular weight is 440 g/mol. The van der Waals surface area contributed by atoms with E-state index in [1.165, 1.54) is 0 Å². The highest BCUT2D eigenvalue weighted by molar-refractivity contribution is 7.10.